The predicted octanol–water partition coefficient (Wildman–Crippen LogP) is 5.29. The van der Waals surface area contributed by atoms with Crippen LogP contribution >= 0.6 is 0 Å². The van der Waals surface area contributed by atoms with Crippen LogP contribution in [0.2, 0.25) is 0 Å². The fourth-order valence-electron chi connectivity index (χ4n) is 2.57. The van der Waals surface area contributed by atoms with E-state index in [0.717, 1.165) is 38.5 Å². The summed E-state index contributed by atoms with van der Waals surface area (Å²) in [6, 6.07) is 0. The first-order chi connectivity index (χ1) is 11.6. The van der Waals surface area contributed by atoms with Crippen LogP contribution in [0.5, 0.6) is 0 Å². The predicted molar refractivity (Wildman–Crippen MR) is 97.8 cm³/mol. The Morgan fingerprint density at radius 3 is 1.38 bits per heavy atom. The van der Waals surface area contributed by atoms with Crippen molar-refractivity contribution in [1.29, 1.82) is 0 Å². The molecule has 0 saturated heterocycles. The highest BCUT2D eigenvalue weighted by Gasteiger charge is 2.14. The molecule has 0 aromatic rings. The zero-order chi connectivity index (χ0) is 18.2. The van der Waals surface area contributed by atoms with Crippen molar-refractivity contribution in [1.82, 2.24) is 0 Å². The molecule has 0 aromatic heterocycles. The van der Waals surface area contributed by atoms with Gasteiger partial charge in [-0.2, -0.15) is 0 Å². The summed E-state index contributed by atoms with van der Waals surface area (Å²) in [5.74, 6) is 0.286. The zero-order valence-electron chi connectivity index (χ0n) is 16.3. The Bertz CT molecular complexity index is 296. The van der Waals surface area contributed by atoms with Gasteiger partial charge in [-0.25, -0.2) is 0 Å². The molecular formula is C20H38O4. The van der Waals surface area contributed by atoms with Crippen molar-refractivity contribution < 1.29 is 19.1 Å². The van der Waals surface area contributed by atoms with E-state index in [1.807, 2.05) is 0 Å². The average Bonchev–Trinajstić information content (AvgIpc) is 2.60. The van der Waals surface area contributed by atoms with Gasteiger partial charge in [-0.1, -0.05) is 66.2 Å². The van der Waals surface area contributed by atoms with E-state index in [4.69, 9.17) is 9.47 Å². The SMILES string of the molecule is CCCC[C@@H](CC)COC(=O)CCC(=O)OC[C@H](CC)CCCC. The van der Waals surface area contributed by atoms with E-state index in [1.54, 1.807) is 0 Å². The Balaban J connectivity index is 3.86. The molecule has 0 spiro atoms. The molecule has 24 heavy (non-hydrogen) atoms. The van der Waals surface area contributed by atoms with Crippen LogP contribution in [0.25, 0.3) is 0 Å². The normalized spacial score (nSPS) is 13.3. The van der Waals surface area contributed by atoms with Crippen molar-refractivity contribution in [2.45, 2.75) is 91.9 Å². The molecule has 0 aliphatic heterocycles. The Morgan fingerprint density at radius 1 is 0.708 bits per heavy atom. The van der Waals surface area contributed by atoms with Crippen molar-refractivity contribution in [3.8, 4) is 0 Å². The van der Waals surface area contributed by atoms with E-state index in [2.05, 4.69) is 27.7 Å². The van der Waals surface area contributed by atoms with Gasteiger partial charge in [-0.05, 0) is 24.7 Å². The first kappa shape index (κ1) is 22.9. The largest absolute Gasteiger partial charge is 0.465 e. The summed E-state index contributed by atoms with van der Waals surface area (Å²) in [5, 5.41) is 0. The topological polar surface area (TPSA) is 52.6 Å². The van der Waals surface area contributed by atoms with Crippen LogP contribution in [0.15, 0.2) is 0 Å². The van der Waals surface area contributed by atoms with Gasteiger partial charge in [0, 0.05) is 0 Å². The second-order valence-corrected chi connectivity index (χ2v) is 6.70. The van der Waals surface area contributed by atoms with Crippen LogP contribution in [-0.2, 0) is 19.1 Å². The van der Waals surface area contributed by atoms with Gasteiger partial charge in [-0.3, -0.25) is 9.59 Å². The maximum Gasteiger partial charge on any atom is 0.306 e. The third-order valence-electron chi connectivity index (χ3n) is 4.58. The van der Waals surface area contributed by atoms with E-state index in [0.29, 0.717) is 25.0 Å². The lowest BCUT2D eigenvalue weighted by Crippen LogP contribution is -2.17. The van der Waals surface area contributed by atoms with E-state index in [9.17, 15) is 9.59 Å². The van der Waals surface area contributed by atoms with Gasteiger partial charge in [0.15, 0.2) is 0 Å². The number of hydrogen-bond acceptors (Lipinski definition) is 4. The molecule has 142 valence electrons. The van der Waals surface area contributed by atoms with Gasteiger partial charge in [0.05, 0.1) is 26.1 Å². The number of carbonyl (C=O) groups is 2. The van der Waals surface area contributed by atoms with Crippen molar-refractivity contribution in [2.75, 3.05) is 13.2 Å². The number of rotatable bonds is 15. The number of hydrogen-bond donors (Lipinski definition) is 0. The summed E-state index contributed by atoms with van der Waals surface area (Å²) >= 11 is 0. The minimum absolute atomic E-state index is 0.120. The molecule has 0 amide bonds. The zero-order valence-corrected chi connectivity index (χ0v) is 16.3. The maximum absolute atomic E-state index is 11.7. The van der Waals surface area contributed by atoms with E-state index < -0.39 is 0 Å². The second kappa shape index (κ2) is 15.5. The fraction of sp³-hybridized carbons (Fsp3) is 0.900. The molecule has 0 unspecified atom stereocenters. The summed E-state index contributed by atoms with van der Waals surface area (Å²) in [5.41, 5.74) is 0. The van der Waals surface area contributed by atoms with Gasteiger partial charge in [0.1, 0.15) is 0 Å². The van der Waals surface area contributed by atoms with Crippen LogP contribution in [-0.4, -0.2) is 25.2 Å². The van der Waals surface area contributed by atoms with Crippen LogP contribution in [0, 0.1) is 11.8 Å². The highest BCUT2D eigenvalue weighted by molar-refractivity contribution is 5.77. The number of unbranched alkanes of at least 4 members (excludes halogenated alkanes) is 2. The third kappa shape index (κ3) is 12.4. The Hall–Kier alpha value is -1.06. The molecule has 4 nitrogen and oxygen atoms in total. The summed E-state index contributed by atoms with van der Waals surface area (Å²) in [6.45, 7) is 9.51. The molecule has 0 saturated carbocycles. The average molecular weight is 343 g/mol. The third-order valence-corrected chi connectivity index (χ3v) is 4.58. The minimum Gasteiger partial charge on any atom is -0.465 e. The summed E-state index contributed by atoms with van der Waals surface area (Å²) in [6.07, 6.45) is 9.12. The minimum atomic E-state index is -0.292. The molecule has 0 aliphatic carbocycles. The van der Waals surface area contributed by atoms with Crippen LogP contribution in [0.3, 0.4) is 0 Å². The monoisotopic (exact) mass is 342 g/mol. The van der Waals surface area contributed by atoms with Crippen molar-refractivity contribution in [3.63, 3.8) is 0 Å². The van der Waals surface area contributed by atoms with E-state index in [1.165, 1.54) is 12.8 Å². The van der Waals surface area contributed by atoms with Gasteiger partial charge in [0.25, 0.3) is 0 Å². The molecule has 2 atom stereocenters. The summed E-state index contributed by atoms with van der Waals surface area (Å²) < 4.78 is 10.6. The first-order valence-electron chi connectivity index (χ1n) is 9.88. The molecule has 0 radical (unpaired) electrons. The Kier molecular flexibility index (Phi) is 14.8. The molecule has 0 aliphatic rings. The molecule has 0 N–H and O–H groups in total. The van der Waals surface area contributed by atoms with Gasteiger partial charge < -0.3 is 9.47 Å². The van der Waals surface area contributed by atoms with Crippen LogP contribution in [0.1, 0.15) is 91.9 Å². The lowest BCUT2D eigenvalue weighted by Gasteiger charge is -2.15. The molecule has 0 heterocycles. The van der Waals surface area contributed by atoms with Gasteiger partial charge in [0.2, 0.25) is 0 Å². The number of carbonyl (C=O) groups excluding carboxylic acids is 2. The molecule has 0 rings (SSSR count). The standard InChI is InChI=1S/C20H38O4/c1-5-9-11-17(7-3)15-23-19(21)13-14-20(22)24-16-18(8-4)12-10-6-2/h17-18H,5-16H2,1-4H3/t17-,18-/m1/s1. The highest BCUT2D eigenvalue weighted by Crippen LogP contribution is 2.14. The fourth-order valence-corrected chi connectivity index (χ4v) is 2.57. The number of esters is 2. The lowest BCUT2D eigenvalue weighted by atomic mass is 10.0. The quantitative estimate of drug-likeness (QED) is 0.380. The summed E-state index contributed by atoms with van der Waals surface area (Å²) in [7, 11) is 0. The molecule has 0 aromatic carbocycles. The van der Waals surface area contributed by atoms with Crippen molar-refractivity contribution in [2.24, 2.45) is 11.8 Å². The van der Waals surface area contributed by atoms with Gasteiger partial charge >= 0.3 is 11.9 Å². The smallest absolute Gasteiger partial charge is 0.306 e. The molecule has 4 heteroatoms. The number of ether oxygens (including phenoxy) is 2. The van der Waals surface area contributed by atoms with Crippen LogP contribution in [0.4, 0.5) is 0 Å². The Labute approximate surface area is 148 Å². The van der Waals surface area contributed by atoms with Crippen molar-refractivity contribution in [3.05, 3.63) is 0 Å². The molecule has 0 fully saturated rings. The van der Waals surface area contributed by atoms with Crippen molar-refractivity contribution >= 4 is 11.9 Å². The lowest BCUT2D eigenvalue weighted by molar-refractivity contribution is -0.151. The molecular weight excluding hydrogens is 304 g/mol. The van der Waals surface area contributed by atoms with E-state index >= 15 is 0 Å². The van der Waals surface area contributed by atoms with Gasteiger partial charge in [-0.15, -0.1) is 0 Å². The highest BCUT2D eigenvalue weighted by atomic mass is 16.5. The first-order valence-corrected chi connectivity index (χ1v) is 9.88. The Morgan fingerprint density at radius 2 is 1.08 bits per heavy atom. The summed E-state index contributed by atoms with van der Waals surface area (Å²) in [4.78, 5) is 23.5. The molecule has 0 bridgehead atoms. The van der Waals surface area contributed by atoms with Crippen LogP contribution < -0.4 is 0 Å². The van der Waals surface area contributed by atoms with E-state index in [-0.39, 0.29) is 24.8 Å². The second-order valence-electron chi connectivity index (χ2n) is 6.70. The maximum atomic E-state index is 11.7.